The maximum atomic E-state index is 12.6. The van der Waals surface area contributed by atoms with Gasteiger partial charge in [-0.2, -0.15) is 0 Å². The maximum absolute atomic E-state index is 12.6. The molecule has 10 nitrogen and oxygen atoms in total. The van der Waals surface area contributed by atoms with E-state index in [1.54, 1.807) is 36.4 Å². The highest BCUT2D eigenvalue weighted by molar-refractivity contribution is 5.84. The quantitative estimate of drug-likeness (QED) is 0.346. The number of rotatable bonds is 6. The van der Waals surface area contributed by atoms with Gasteiger partial charge in [0.05, 0.1) is 50.2 Å². The molecule has 0 aliphatic carbocycles. The Bertz CT molecular complexity index is 1590. The van der Waals surface area contributed by atoms with E-state index in [9.17, 15) is 9.59 Å². The Labute approximate surface area is 203 Å². The Kier molecular flexibility index (Phi) is 5.77. The summed E-state index contributed by atoms with van der Waals surface area (Å²) in [5.74, 6) is 1.92. The van der Waals surface area contributed by atoms with Gasteiger partial charge < -0.3 is 27.8 Å². The summed E-state index contributed by atoms with van der Waals surface area (Å²) in [7, 11) is 5.96. The summed E-state index contributed by atoms with van der Waals surface area (Å²) in [6.07, 6.45) is 0. The number of hydrogen-bond donors (Lipinski definition) is 0. The summed E-state index contributed by atoms with van der Waals surface area (Å²) in [4.78, 5) is 34.1. The third-order valence-corrected chi connectivity index (χ3v) is 5.65. The van der Waals surface area contributed by atoms with Crippen LogP contribution in [-0.2, 0) is 0 Å². The summed E-state index contributed by atoms with van der Waals surface area (Å²) < 4.78 is 32.0. The third kappa shape index (κ3) is 3.88. The van der Waals surface area contributed by atoms with Crippen molar-refractivity contribution in [2.45, 2.75) is 0 Å². The fraction of sp³-hybridized carbons (Fsp3) is 0.154. The lowest BCUT2D eigenvalue weighted by Gasteiger charge is -2.09. The summed E-state index contributed by atoms with van der Waals surface area (Å²) in [5.41, 5.74) is 0.756. The number of methoxy groups -OCH3 is 4. The first-order chi connectivity index (χ1) is 17.4. The molecule has 0 saturated carbocycles. The molecule has 10 heteroatoms. The van der Waals surface area contributed by atoms with E-state index in [4.69, 9.17) is 27.8 Å². The molecule has 0 saturated heterocycles. The molecule has 5 aromatic rings. The second-order valence-corrected chi connectivity index (χ2v) is 7.64. The summed E-state index contributed by atoms with van der Waals surface area (Å²) in [5, 5.41) is 0.532. The SMILES string of the molecule is COc1cc2nc(-c3ccc(-c4nc5cc(OC)c(OC)cc5c(=O)o4)cc3)oc(=O)c2cc1OC. The van der Waals surface area contributed by atoms with Crippen LogP contribution in [0.25, 0.3) is 44.7 Å². The fourth-order valence-electron chi connectivity index (χ4n) is 3.80. The predicted molar refractivity (Wildman–Crippen MR) is 131 cm³/mol. The van der Waals surface area contributed by atoms with Crippen molar-refractivity contribution in [3.63, 3.8) is 0 Å². The number of aromatic nitrogens is 2. The van der Waals surface area contributed by atoms with Gasteiger partial charge in [-0.3, -0.25) is 0 Å². The van der Waals surface area contributed by atoms with Gasteiger partial charge in [0.15, 0.2) is 23.0 Å². The Morgan fingerprint density at radius 1 is 0.556 bits per heavy atom. The van der Waals surface area contributed by atoms with Crippen LogP contribution in [0.15, 0.2) is 67.0 Å². The molecule has 0 spiro atoms. The van der Waals surface area contributed by atoms with Crippen molar-refractivity contribution in [2.24, 2.45) is 0 Å². The molecule has 0 fully saturated rings. The van der Waals surface area contributed by atoms with Crippen LogP contribution in [0.4, 0.5) is 0 Å². The molecule has 0 unspecified atom stereocenters. The Balaban J connectivity index is 1.55. The highest BCUT2D eigenvalue weighted by Crippen LogP contribution is 2.33. The predicted octanol–water partition coefficient (Wildman–Crippen LogP) is 4.06. The van der Waals surface area contributed by atoms with Crippen molar-refractivity contribution >= 4 is 21.8 Å². The molecule has 2 aromatic heterocycles. The summed E-state index contributed by atoms with van der Waals surface area (Å²) >= 11 is 0. The molecule has 0 bridgehead atoms. The molecule has 0 N–H and O–H groups in total. The molecule has 0 atom stereocenters. The Morgan fingerprint density at radius 3 is 1.22 bits per heavy atom. The van der Waals surface area contributed by atoms with E-state index in [1.165, 1.54) is 40.6 Å². The van der Waals surface area contributed by atoms with Gasteiger partial charge in [0.1, 0.15) is 0 Å². The van der Waals surface area contributed by atoms with Crippen molar-refractivity contribution in [3.05, 3.63) is 69.4 Å². The lowest BCUT2D eigenvalue weighted by molar-refractivity contribution is 0.355. The Morgan fingerprint density at radius 2 is 0.889 bits per heavy atom. The molecule has 182 valence electrons. The van der Waals surface area contributed by atoms with Crippen LogP contribution < -0.4 is 30.2 Å². The highest BCUT2D eigenvalue weighted by Gasteiger charge is 2.16. The minimum Gasteiger partial charge on any atom is -0.493 e. The largest absolute Gasteiger partial charge is 0.493 e. The lowest BCUT2D eigenvalue weighted by Crippen LogP contribution is -2.05. The topological polar surface area (TPSA) is 123 Å². The first kappa shape index (κ1) is 22.9. The molecule has 5 rings (SSSR count). The minimum atomic E-state index is -0.563. The van der Waals surface area contributed by atoms with Gasteiger partial charge in [0, 0.05) is 35.4 Å². The van der Waals surface area contributed by atoms with Gasteiger partial charge in [-0.05, 0) is 24.3 Å². The van der Waals surface area contributed by atoms with Crippen molar-refractivity contribution in [2.75, 3.05) is 28.4 Å². The molecular weight excluding hydrogens is 468 g/mol. The van der Waals surface area contributed by atoms with Crippen LogP contribution in [0.1, 0.15) is 0 Å². The zero-order valence-electron chi connectivity index (χ0n) is 19.8. The van der Waals surface area contributed by atoms with Crippen molar-refractivity contribution < 1.29 is 27.8 Å². The standard InChI is InChI=1S/C26H20N2O8/c1-31-19-9-15-17(11-21(19)33-3)27-23(35-25(15)29)13-5-7-14(8-6-13)24-28-18-12-22(34-4)20(32-2)10-16(18)26(30)36-24/h5-12H,1-4H3. The van der Waals surface area contributed by atoms with Crippen molar-refractivity contribution in [1.82, 2.24) is 9.97 Å². The van der Waals surface area contributed by atoms with E-state index in [-0.39, 0.29) is 22.6 Å². The first-order valence-electron chi connectivity index (χ1n) is 10.7. The lowest BCUT2D eigenvalue weighted by atomic mass is 10.1. The molecule has 3 aromatic carbocycles. The molecule has 0 radical (unpaired) electrons. The van der Waals surface area contributed by atoms with Crippen molar-refractivity contribution in [3.8, 4) is 45.9 Å². The highest BCUT2D eigenvalue weighted by atomic mass is 16.5. The van der Waals surface area contributed by atoms with Crippen LogP contribution in [0.2, 0.25) is 0 Å². The van der Waals surface area contributed by atoms with Gasteiger partial charge in [-0.15, -0.1) is 0 Å². The fourth-order valence-corrected chi connectivity index (χ4v) is 3.80. The van der Waals surface area contributed by atoms with Crippen molar-refractivity contribution in [1.29, 1.82) is 0 Å². The summed E-state index contributed by atoms with van der Waals surface area (Å²) in [6, 6.07) is 13.0. The average molecular weight is 488 g/mol. The zero-order valence-corrected chi connectivity index (χ0v) is 19.8. The van der Waals surface area contributed by atoms with Crippen LogP contribution in [0.3, 0.4) is 0 Å². The molecule has 0 aliphatic heterocycles. The number of benzene rings is 3. The Hall–Kier alpha value is -4.86. The molecule has 0 amide bonds. The number of nitrogens with zero attached hydrogens (tertiary/aromatic N) is 2. The minimum absolute atomic E-state index is 0.121. The number of ether oxygens (including phenoxy) is 4. The van der Waals surface area contributed by atoms with E-state index in [0.29, 0.717) is 45.2 Å². The van der Waals surface area contributed by atoms with Crippen LogP contribution in [-0.4, -0.2) is 38.4 Å². The third-order valence-electron chi connectivity index (χ3n) is 5.65. The summed E-state index contributed by atoms with van der Waals surface area (Å²) in [6.45, 7) is 0. The van der Waals surface area contributed by atoms with Gasteiger partial charge in [-0.1, -0.05) is 0 Å². The normalized spacial score (nSPS) is 11.0. The smallest absolute Gasteiger partial charge is 0.347 e. The van der Waals surface area contributed by atoms with Gasteiger partial charge in [0.25, 0.3) is 0 Å². The maximum Gasteiger partial charge on any atom is 0.347 e. The van der Waals surface area contributed by atoms with Crippen LogP contribution >= 0.6 is 0 Å². The second-order valence-electron chi connectivity index (χ2n) is 7.64. The van der Waals surface area contributed by atoms with Gasteiger partial charge >= 0.3 is 11.3 Å². The van der Waals surface area contributed by atoms with E-state index in [0.717, 1.165) is 0 Å². The average Bonchev–Trinajstić information content (AvgIpc) is 2.91. The molecule has 0 aliphatic rings. The monoisotopic (exact) mass is 488 g/mol. The number of fused-ring (bicyclic) bond motifs is 2. The van der Waals surface area contributed by atoms with E-state index in [2.05, 4.69) is 9.97 Å². The molecule has 36 heavy (non-hydrogen) atoms. The zero-order chi connectivity index (χ0) is 25.4. The number of hydrogen-bond acceptors (Lipinski definition) is 10. The van der Waals surface area contributed by atoms with Gasteiger partial charge in [0.2, 0.25) is 11.8 Å². The van der Waals surface area contributed by atoms with E-state index >= 15 is 0 Å². The first-order valence-corrected chi connectivity index (χ1v) is 10.7. The molecular formula is C26H20N2O8. The van der Waals surface area contributed by atoms with Crippen LogP contribution in [0, 0.1) is 0 Å². The van der Waals surface area contributed by atoms with Crippen LogP contribution in [0.5, 0.6) is 23.0 Å². The van der Waals surface area contributed by atoms with E-state index in [1.807, 2.05) is 0 Å². The second kappa shape index (κ2) is 9.06. The van der Waals surface area contributed by atoms with E-state index < -0.39 is 11.3 Å². The van der Waals surface area contributed by atoms with Gasteiger partial charge in [-0.25, -0.2) is 19.6 Å². The molecule has 2 heterocycles.